The Morgan fingerprint density at radius 2 is 2.19 bits per heavy atom. The first-order chi connectivity index (χ1) is 7.86. The van der Waals surface area contributed by atoms with Crippen LogP contribution in [-0.2, 0) is 6.54 Å². The molecule has 1 aromatic carbocycles. The molecule has 2 heterocycles. The zero-order valence-corrected chi connectivity index (χ0v) is 9.46. The molecule has 82 valence electrons. The largest absolute Gasteiger partial charge is 0.377 e. The Labute approximate surface area is 98.3 Å². The van der Waals surface area contributed by atoms with E-state index in [1.807, 2.05) is 24.3 Å². The molecule has 0 radical (unpaired) electrons. The van der Waals surface area contributed by atoms with E-state index in [1.54, 1.807) is 0 Å². The SMILES string of the molecule is Clc1ccccc1-c1[nH]nc2[n+]1CCCN2. The molecule has 1 aliphatic rings. The van der Waals surface area contributed by atoms with Gasteiger partial charge in [-0.05, 0) is 12.1 Å². The summed E-state index contributed by atoms with van der Waals surface area (Å²) in [4.78, 5) is 0. The van der Waals surface area contributed by atoms with Crippen molar-refractivity contribution in [1.29, 1.82) is 0 Å². The molecule has 0 fully saturated rings. The molecule has 0 amide bonds. The third-order valence-corrected chi connectivity index (χ3v) is 3.09. The lowest BCUT2D eigenvalue weighted by molar-refractivity contribution is -0.675. The molecule has 1 aromatic heterocycles. The number of aromatic amines is 1. The van der Waals surface area contributed by atoms with Crippen LogP contribution in [0.25, 0.3) is 11.4 Å². The molecule has 0 unspecified atom stereocenters. The van der Waals surface area contributed by atoms with E-state index in [9.17, 15) is 0 Å². The molecule has 0 saturated carbocycles. The molecule has 5 heteroatoms. The van der Waals surface area contributed by atoms with Crippen molar-refractivity contribution in [1.82, 2.24) is 10.2 Å². The molecule has 0 spiro atoms. The van der Waals surface area contributed by atoms with Gasteiger partial charge in [0.2, 0.25) is 5.82 Å². The zero-order chi connectivity index (χ0) is 11.0. The number of nitrogens with one attached hydrogen (secondary N) is 2. The van der Waals surface area contributed by atoms with E-state index in [1.165, 1.54) is 0 Å². The number of nitrogens with zero attached hydrogens (tertiary/aromatic N) is 2. The fourth-order valence-corrected chi connectivity index (χ4v) is 2.21. The predicted molar refractivity (Wildman–Crippen MR) is 62.3 cm³/mol. The molecule has 0 saturated heterocycles. The normalized spacial score (nSPS) is 14.3. The summed E-state index contributed by atoms with van der Waals surface area (Å²) in [5.41, 5.74) is 0.992. The number of rotatable bonds is 1. The second-order valence-electron chi connectivity index (χ2n) is 3.81. The van der Waals surface area contributed by atoms with Crippen molar-refractivity contribution < 1.29 is 4.57 Å². The standard InChI is InChI=1S/C11H11ClN4/c12-9-5-2-1-4-8(9)10-14-15-11-13-6-3-7-16(10)11/h1-2,4-5H,3,6-7H2,(H,13,15)/p+1. The molecule has 4 nitrogen and oxygen atoms in total. The number of hydrogen-bond acceptors (Lipinski definition) is 2. The van der Waals surface area contributed by atoms with E-state index in [-0.39, 0.29) is 0 Å². The monoisotopic (exact) mass is 235 g/mol. The van der Waals surface area contributed by atoms with Crippen LogP contribution < -0.4 is 9.88 Å². The van der Waals surface area contributed by atoms with Gasteiger partial charge in [-0.3, -0.25) is 5.32 Å². The predicted octanol–water partition coefficient (Wildman–Crippen LogP) is 1.83. The Kier molecular flexibility index (Phi) is 2.29. The third-order valence-electron chi connectivity index (χ3n) is 2.76. The lowest BCUT2D eigenvalue weighted by Gasteiger charge is -2.10. The highest BCUT2D eigenvalue weighted by Crippen LogP contribution is 2.24. The van der Waals surface area contributed by atoms with Crippen molar-refractivity contribution in [2.45, 2.75) is 13.0 Å². The van der Waals surface area contributed by atoms with Crippen molar-refractivity contribution in [2.75, 3.05) is 11.9 Å². The quantitative estimate of drug-likeness (QED) is 0.741. The van der Waals surface area contributed by atoms with E-state index in [4.69, 9.17) is 11.6 Å². The van der Waals surface area contributed by atoms with Gasteiger partial charge in [0.1, 0.15) is 0 Å². The maximum atomic E-state index is 6.18. The average molecular weight is 236 g/mol. The van der Waals surface area contributed by atoms with Crippen LogP contribution in [0, 0.1) is 0 Å². The number of halogens is 1. The summed E-state index contributed by atoms with van der Waals surface area (Å²) < 4.78 is 2.13. The minimum atomic E-state index is 0.743. The highest BCUT2D eigenvalue weighted by Gasteiger charge is 2.23. The van der Waals surface area contributed by atoms with Crippen LogP contribution in [0.4, 0.5) is 5.95 Å². The van der Waals surface area contributed by atoms with E-state index < -0.39 is 0 Å². The summed E-state index contributed by atoms with van der Waals surface area (Å²) in [6, 6.07) is 7.79. The molecule has 2 aromatic rings. The minimum absolute atomic E-state index is 0.743. The van der Waals surface area contributed by atoms with Gasteiger partial charge in [0.05, 0.1) is 23.7 Å². The van der Waals surface area contributed by atoms with E-state index >= 15 is 0 Å². The van der Waals surface area contributed by atoms with Crippen LogP contribution in [-0.4, -0.2) is 16.7 Å². The Morgan fingerprint density at radius 1 is 1.31 bits per heavy atom. The second-order valence-corrected chi connectivity index (χ2v) is 4.21. The number of H-pyrrole nitrogens is 1. The van der Waals surface area contributed by atoms with Crippen molar-refractivity contribution >= 4 is 17.5 Å². The van der Waals surface area contributed by atoms with Crippen LogP contribution in [0.5, 0.6) is 0 Å². The summed E-state index contributed by atoms with van der Waals surface area (Å²) in [5.74, 6) is 1.86. The van der Waals surface area contributed by atoms with Gasteiger partial charge >= 0.3 is 5.95 Å². The van der Waals surface area contributed by atoms with Crippen LogP contribution in [0.15, 0.2) is 24.3 Å². The van der Waals surface area contributed by atoms with E-state index in [0.717, 1.165) is 41.9 Å². The average Bonchev–Trinajstić information content (AvgIpc) is 2.74. The number of hydrogen-bond donors (Lipinski definition) is 2. The van der Waals surface area contributed by atoms with Crippen molar-refractivity contribution in [3.63, 3.8) is 0 Å². The number of benzene rings is 1. The Morgan fingerprint density at radius 3 is 3.06 bits per heavy atom. The second kappa shape index (κ2) is 3.79. The van der Waals surface area contributed by atoms with Gasteiger partial charge in [0.25, 0.3) is 0 Å². The lowest BCUT2D eigenvalue weighted by atomic mass is 10.2. The fourth-order valence-electron chi connectivity index (χ4n) is 1.98. The molecule has 1 aliphatic heterocycles. The number of fused-ring (bicyclic) bond motifs is 1. The topological polar surface area (TPSA) is 44.6 Å². The van der Waals surface area contributed by atoms with Gasteiger partial charge < -0.3 is 0 Å². The van der Waals surface area contributed by atoms with Gasteiger partial charge in [-0.25, -0.2) is 4.57 Å². The summed E-state index contributed by atoms with van der Waals surface area (Å²) in [6.07, 6.45) is 1.11. The molecular weight excluding hydrogens is 224 g/mol. The first-order valence-electron chi connectivity index (χ1n) is 5.33. The maximum absolute atomic E-state index is 6.18. The van der Waals surface area contributed by atoms with Gasteiger partial charge in [-0.1, -0.05) is 23.7 Å². The number of anilines is 1. The molecule has 0 atom stereocenters. The minimum Gasteiger partial charge on any atom is -0.292 e. The summed E-state index contributed by atoms with van der Waals surface area (Å²) in [7, 11) is 0. The molecule has 0 bridgehead atoms. The van der Waals surface area contributed by atoms with Crippen LogP contribution in [0.3, 0.4) is 0 Å². The van der Waals surface area contributed by atoms with Crippen molar-refractivity contribution in [3.8, 4) is 11.4 Å². The molecular formula is C11H12ClN4+. The van der Waals surface area contributed by atoms with Crippen LogP contribution in [0.2, 0.25) is 5.02 Å². The van der Waals surface area contributed by atoms with E-state index in [0.29, 0.717) is 0 Å². The number of aromatic nitrogens is 3. The summed E-state index contributed by atoms with van der Waals surface area (Å²) in [6.45, 7) is 1.95. The maximum Gasteiger partial charge on any atom is 0.377 e. The van der Waals surface area contributed by atoms with Crippen molar-refractivity contribution in [3.05, 3.63) is 29.3 Å². The molecule has 0 aliphatic carbocycles. The first kappa shape index (κ1) is 9.66. The van der Waals surface area contributed by atoms with Gasteiger partial charge in [-0.15, -0.1) is 0 Å². The van der Waals surface area contributed by atoms with Crippen LogP contribution in [0.1, 0.15) is 6.42 Å². The van der Waals surface area contributed by atoms with Gasteiger partial charge in [-0.2, -0.15) is 5.10 Å². The highest BCUT2D eigenvalue weighted by molar-refractivity contribution is 6.33. The smallest absolute Gasteiger partial charge is 0.292 e. The first-order valence-corrected chi connectivity index (χ1v) is 5.71. The zero-order valence-electron chi connectivity index (χ0n) is 8.70. The van der Waals surface area contributed by atoms with Crippen molar-refractivity contribution in [2.24, 2.45) is 0 Å². The summed E-state index contributed by atoms with van der Waals surface area (Å²) in [5, 5.41) is 11.3. The Hall–Kier alpha value is -1.55. The van der Waals surface area contributed by atoms with Gasteiger partial charge in [0.15, 0.2) is 0 Å². The Bertz CT molecular complexity index is 520. The fraction of sp³-hybridized carbons (Fsp3) is 0.273. The van der Waals surface area contributed by atoms with E-state index in [2.05, 4.69) is 20.1 Å². The molecule has 3 rings (SSSR count). The highest BCUT2D eigenvalue weighted by atomic mass is 35.5. The summed E-state index contributed by atoms with van der Waals surface area (Å²) >= 11 is 6.18. The third kappa shape index (κ3) is 1.46. The Balaban J connectivity index is 2.13. The lowest BCUT2D eigenvalue weighted by Crippen LogP contribution is -2.42. The van der Waals surface area contributed by atoms with Crippen LogP contribution >= 0.6 is 11.6 Å². The molecule has 2 N–H and O–H groups in total. The van der Waals surface area contributed by atoms with Gasteiger partial charge in [0, 0.05) is 11.5 Å². The molecule has 16 heavy (non-hydrogen) atoms.